The molecule has 0 radical (unpaired) electrons. The number of piperazine rings is 1. The highest BCUT2D eigenvalue weighted by Gasteiger charge is 2.15. The van der Waals surface area contributed by atoms with Gasteiger partial charge in [-0.3, -0.25) is 9.89 Å². The number of guanidine groups is 1. The van der Waals surface area contributed by atoms with E-state index in [1.54, 1.807) is 0 Å². The van der Waals surface area contributed by atoms with E-state index in [0.717, 1.165) is 25.6 Å². The van der Waals surface area contributed by atoms with Gasteiger partial charge in [0.15, 0.2) is 5.96 Å². The van der Waals surface area contributed by atoms with E-state index in [9.17, 15) is 0 Å². The lowest BCUT2D eigenvalue weighted by Crippen LogP contribution is -2.49. The molecule has 2 rings (SSSR count). The van der Waals surface area contributed by atoms with Crippen LogP contribution in [0.2, 0.25) is 0 Å². The van der Waals surface area contributed by atoms with Gasteiger partial charge in [0, 0.05) is 45.3 Å². The zero-order chi connectivity index (χ0) is 12.1. The molecule has 1 atom stereocenters. The summed E-state index contributed by atoms with van der Waals surface area (Å²) in [6.45, 7) is 13.4. The number of nitrogens with zero attached hydrogens (tertiary/aromatic N) is 3. The number of nitrogens with one attached hydrogen (secondary N) is 2. The van der Waals surface area contributed by atoms with Crippen LogP contribution in [0.3, 0.4) is 0 Å². The van der Waals surface area contributed by atoms with Crippen molar-refractivity contribution in [2.75, 3.05) is 52.4 Å². The quantitative estimate of drug-likeness (QED) is 0.696. The van der Waals surface area contributed by atoms with Crippen LogP contribution in [-0.2, 0) is 0 Å². The van der Waals surface area contributed by atoms with Crippen molar-refractivity contribution in [3.05, 3.63) is 0 Å². The standard InChI is InChI=1S/C12H25N5.HI/c1-3-16-6-8-17(9-7-16)5-4-13-12-14-10-11(2)15-12;/h11H,3-10H2,1-2H3,(H2,13,14,15);1H. The van der Waals surface area contributed by atoms with Crippen molar-refractivity contribution in [1.82, 2.24) is 20.4 Å². The molecule has 2 N–H and O–H groups in total. The average molecular weight is 367 g/mol. The van der Waals surface area contributed by atoms with E-state index in [4.69, 9.17) is 0 Å². The topological polar surface area (TPSA) is 42.9 Å². The first-order chi connectivity index (χ1) is 8.28. The first-order valence-electron chi connectivity index (χ1n) is 6.77. The normalized spacial score (nSPS) is 25.2. The molecule has 0 aromatic rings. The van der Waals surface area contributed by atoms with Crippen molar-refractivity contribution in [3.63, 3.8) is 0 Å². The first-order valence-corrected chi connectivity index (χ1v) is 6.77. The monoisotopic (exact) mass is 367 g/mol. The summed E-state index contributed by atoms with van der Waals surface area (Å²) in [7, 11) is 0. The third-order valence-corrected chi connectivity index (χ3v) is 3.54. The fourth-order valence-electron chi connectivity index (χ4n) is 2.32. The van der Waals surface area contributed by atoms with Crippen molar-refractivity contribution in [2.45, 2.75) is 19.9 Å². The smallest absolute Gasteiger partial charge is 0.191 e. The van der Waals surface area contributed by atoms with Crippen LogP contribution >= 0.6 is 24.0 Å². The largest absolute Gasteiger partial charge is 0.355 e. The van der Waals surface area contributed by atoms with Crippen LogP contribution in [0.4, 0.5) is 0 Å². The highest BCUT2D eigenvalue weighted by Crippen LogP contribution is 2.00. The van der Waals surface area contributed by atoms with Gasteiger partial charge in [-0.05, 0) is 13.5 Å². The van der Waals surface area contributed by atoms with E-state index in [1.165, 1.54) is 32.7 Å². The number of likely N-dealkylation sites (N-methyl/N-ethyl adjacent to an activating group) is 1. The van der Waals surface area contributed by atoms with Gasteiger partial charge in [0.05, 0.1) is 6.54 Å². The number of halogens is 1. The molecule has 0 saturated carbocycles. The molecule has 1 saturated heterocycles. The Morgan fingerprint density at radius 3 is 2.50 bits per heavy atom. The number of hydrogen-bond acceptors (Lipinski definition) is 5. The Labute approximate surface area is 127 Å². The molecule has 6 heteroatoms. The summed E-state index contributed by atoms with van der Waals surface area (Å²) >= 11 is 0. The fraction of sp³-hybridized carbons (Fsp3) is 0.917. The predicted molar refractivity (Wildman–Crippen MR) is 86.9 cm³/mol. The Morgan fingerprint density at radius 1 is 1.28 bits per heavy atom. The van der Waals surface area contributed by atoms with E-state index in [1.807, 2.05) is 0 Å². The minimum Gasteiger partial charge on any atom is -0.355 e. The van der Waals surface area contributed by atoms with E-state index in [-0.39, 0.29) is 24.0 Å². The summed E-state index contributed by atoms with van der Waals surface area (Å²) in [4.78, 5) is 9.43. The minimum absolute atomic E-state index is 0. The molecule has 1 fully saturated rings. The van der Waals surface area contributed by atoms with E-state index in [2.05, 4.69) is 39.3 Å². The van der Waals surface area contributed by atoms with Crippen LogP contribution in [0.15, 0.2) is 4.99 Å². The molecule has 2 aliphatic heterocycles. The van der Waals surface area contributed by atoms with Gasteiger partial charge < -0.3 is 15.5 Å². The summed E-state index contributed by atoms with van der Waals surface area (Å²) in [5, 5.41) is 6.69. The molecule has 5 nitrogen and oxygen atoms in total. The maximum atomic E-state index is 4.39. The van der Waals surface area contributed by atoms with E-state index < -0.39 is 0 Å². The maximum Gasteiger partial charge on any atom is 0.191 e. The molecule has 18 heavy (non-hydrogen) atoms. The van der Waals surface area contributed by atoms with Crippen molar-refractivity contribution in [2.24, 2.45) is 4.99 Å². The number of rotatable bonds is 4. The molecule has 0 aromatic heterocycles. The molecule has 1 unspecified atom stereocenters. The predicted octanol–water partition coefficient (Wildman–Crippen LogP) is 0.179. The molecule has 2 heterocycles. The Bertz CT molecular complexity index is 263. The molecular formula is C12H26IN5. The lowest BCUT2D eigenvalue weighted by atomic mass is 10.3. The Morgan fingerprint density at radius 2 is 1.94 bits per heavy atom. The van der Waals surface area contributed by atoms with Gasteiger partial charge in [0.25, 0.3) is 0 Å². The SMILES string of the molecule is CCN1CCN(CCNC2=NCC(C)N2)CC1.I. The molecule has 0 aromatic carbocycles. The average Bonchev–Trinajstić information content (AvgIpc) is 2.76. The summed E-state index contributed by atoms with van der Waals surface area (Å²) in [5.74, 6) is 0.977. The Hall–Kier alpha value is -0.0800. The molecule has 0 bridgehead atoms. The third-order valence-electron chi connectivity index (χ3n) is 3.54. The second-order valence-electron chi connectivity index (χ2n) is 4.94. The fourth-order valence-corrected chi connectivity index (χ4v) is 2.32. The molecule has 2 aliphatic rings. The Kier molecular flexibility index (Phi) is 7.25. The van der Waals surface area contributed by atoms with Crippen molar-refractivity contribution < 1.29 is 0 Å². The van der Waals surface area contributed by atoms with E-state index >= 15 is 0 Å². The first kappa shape index (κ1) is 16.0. The van der Waals surface area contributed by atoms with Gasteiger partial charge in [0.1, 0.15) is 0 Å². The van der Waals surface area contributed by atoms with Crippen molar-refractivity contribution in [1.29, 1.82) is 0 Å². The van der Waals surface area contributed by atoms with Crippen LogP contribution in [0, 0.1) is 0 Å². The second kappa shape index (κ2) is 8.16. The number of aliphatic imine (C=N–C) groups is 1. The zero-order valence-electron chi connectivity index (χ0n) is 11.5. The zero-order valence-corrected chi connectivity index (χ0v) is 13.8. The highest BCUT2D eigenvalue weighted by atomic mass is 127. The van der Waals surface area contributed by atoms with Gasteiger partial charge in [0.2, 0.25) is 0 Å². The van der Waals surface area contributed by atoms with Crippen LogP contribution in [-0.4, -0.2) is 74.2 Å². The van der Waals surface area contributed by atoms with E-state index in [0.29, 0.717) is 6.04 Å². The lowest BCUT2D eigenvalue weighted by Gasteiger charge is -2.34. The van der Waals surface area contributed by atoms with Crippen LogP contribution in [0.25, 0.3) is 0 Å². The van der Waals surface area contributed by atoms with Crippen molar-refractivity contribution >= 4 is 29.9 Å². The highest BCUT2D eigenvalue weighted by molar-refractivity contribution is 14.0. The summed E-state index contributed by atoms with van der Waals surface area (Å²) in [6.07, 6.45) is 0. The van der Waals surface area contributed by atoms with Gasteiger partial charge in [-0.2, -0.15) is 0 Å². The molecule has 0 aliphatic carbocycles. The molecule has 106 valence electrons. The van der Waals surface area contributed by atoms with Gasteiger partial charge in [-0.1, -0.05) is 6.92 Å². The number of hydrogen-bond donors (Lipinski definition) is 2. The van der Waals surface area contributed by atoms with Gasteiger partial charge in [-0.15, -0.1) is 24.0 Å². The Balaban J connectivity index is 0.00000162. The minimum atomic E-state index is 0. The lowest BCUT2D eigenvalue weighted by molar-refractivity contribution is 0.139. The van der Waals surface area contributed by atoms with Gasteiger partial charge in [-0.25, -0.2) is 0 Å². The maximum absolute atomic E-state index is 4.39. The van der Waals surface area contributed by atoms with Crippen molar-refractivity contribution in [3.8, 4) is 0 Å². The molecular weight excluding hydrogens is 341 g/mol. The summed E-state index contributed by atoms with van der Waals surface area (Å²) < 4.78 is 0. The van der Waals surface area contributed by atoms with Crippen LogP contribution < -0.4 is 10.6 Å². The van der Waals surface area contributed by atoms with Gasteiger partial charge >= 0.3 is 0 Å². The van der Waals surface area contributed by atoms with Crippen LogP contribution in [0.1, 0.15) is 13.8 Å². The third kappa shape index (κ3) is 4.89. The molecule has 0 amide bonds. The second-order valence-corrected chi connectivity index (χ2v) is 4.94. The summed E-state index contributed by atoms with van der Waals surface area (Å²) in [5.41, 5.74) is 0. The summed E-state index contributed by atoms with van der Waals surface area (Å²) in [6, 6.07) is 0.491. The molecule has 0 spiro atoms. The van der Waals surface area contributed by atoms with Crippen LogP contribution in [0.5, 0.6) is 0 Å².